The second-order valence-electron chi connectivity index (χ2n) is 5.16. The second kappa shape index (κ2) is 6.35. The van der Waals surface area contributed by atoms with Crippen LogP contribution in [-0.4, -0.2) is 18.9 Å². The molecular weight excluding hydrogens is 246 g/mol. The van der Waals surface area contributed by atoms with E-state index in [0.717, 1.165) is 42.6 Å². The van der Waals surface area contributed by atoms with E-state index in [-0.39, 0.29) is 18.3 Å². The lowest BCUT2D eigenvalue weighted by Crippen LogP contribution is -2.32. The lowest BCUT2D eigenvalue weighted by atomic mass is 9.85. The van der Waals surface area contributed by atoms with E-state index in [9.17, 15) is 4.79 Å². The molecule has 0 atom stereocenters. The van der Waals surface area contributed by atoms with E-state index in [1.807, 2.05) is 13.8 Å². The zero-order valence-electron chi connectivity index (χ0n) is 11.4. The van der Waals surface area contributed by atoms with E-state index in [4.69, 9.17) is 0 Å². The minimum absolute atomic E-state index is 0. The van der Waals surface area contributed by atoms with Crippen molar-refractivity contribution in [2.75, 3.05) is 13.1 Å². The first-order chi connectivity index (χ1) is 8.09. The van der Waals surface area contributed by atoms with Crippen LogP contribution < -0.4 is 5.32 Å². The van der Waals surface area contributed by atoms with E-state index in [1.165, 1.54) is 5.56 Å². The van der Waals surface area contributed by atoms with Crippen molar-refractivity contribution in [3.8, 4) is 0 Å². The first-order valence-electron chi connectivity index (χ1n) is 6.42. The van der Waals surface area contributed by atoms with Crippen molar-refractivity contribution in [1.29, 1.82) is 0 Å². The Balaban J connectivity index is 0.00000162. The van der Waals surface area contributed by atoms with Crippen molar-refractivity contribution in [2.24, 2.45) is 5.92 Å². The zero-order valence-corrected chi connectivity index (χ0v) is 12.2. The molecule has 0 unspecified atom stereocenters. The lowest BCUT2D eigenvalue weighted by molar-refractivity contribution is 0.0894. The molecule has 0 saturated carbocycles. The summed E-state index contributed by atoms with van der Waals surface area (Å²) in [5.74, 6) is 0.567. The summed E-state index contributed by atoms with van der Waals surface area (Å²) < 4.78 is 0. The summed E-state index contributed by atoms with van der Waals surface area (Å²) >= 11 is 0. The van der Waals surface area contributed by atoms with Crippen LogP contribution in [0.25, 0.3) is 0 Å². The fourth-order valence-corrected chi connectivity index (χ4v) is 2.86. The Morgan fingerprint density at radius 3 is 2.11 bits per heavy atom. The monoisotopic (exact) mass is 267 g/mol. The third kappa shape index (κ3) is 3.12. The summed E-state index contributed by atoms with van der Waals surface area (Å²) in [4.78, 5) is 12.5. The quantitative estimate of drug-likeness (QED) is 0.834. The van der Waals surface area contributed by atoms with Gasteiger partial charge in [-0.25, -0.2) is 0 Å². The SMILES string of the molecule is Cc1cc(C)c(C(=O)C2CCNCC2)c(C)c1.Cl. The highest BCUT2D eigenvalue weighted by molar-refractivity contribution is 6.00. The average molecular weight is 268 g/mol. The number of Topliss-reactive ketones (excluding diaryl/α,β-unsaturated/α-hetero) is 1. The van der Waals surface area contributed by atoms with Crippen molar-refractivity contribution < 1.29 is 4.79 Å². The lowest BCUT2D eigenvalue weighted by Gasteiger charge is -2.23. The summed E-state index contributed by atoms with van der Waals surface area (Å²) in [7, 11) is 0. The number of carbonyl (C=O) groups is 1. The Labute approximate surface area is 116 Å². The molecule has 1 saturated heterocycles. The molecule has 2 nitrogen and oxygen atoms in total. The molecule has 0 spiro atoms. The second-order valence-corrected chi connectivity index (χ2v) is 5.16. The predicted molar refractivity (Wildman–Crippen MR) is 77.8 cm³/mol. The van der Waals surface area contributed by atoms with Gasteiger partial charge in [-0.05, 0) is 57.8 Å². The normalized spacial score (nSPS) is 16.2. The van der Waals surface area contributed by atoms with Crippen molar-refractivity contribution >= 4 is 18.2 Å². The molecule has 2 rings (SSSR count). The molecule has 3 heteroatoms. The Hall–Kier alpha value is -0.860. The first-order valence-corrected chi connectivity index (χ1v) is 6.42. The minimum atomic E-state index is 0. The van der Waals surface area contributed by atoms with Gasteiger partial charge in [0.05, 0.1) is 0 Å². The van der Waals surface area contributed by atoms with Crippen molar-refractivity contribution in [3.63, 3.8) is 0 Å². The summed E-state index contributed by atoms with van der Waals surface area (Å²) in [5, 5.41) is 3.31. The number of hydrogen-bond acceptors (Lipinski definition) is 2. The van der Waals surface area contributed by atoms with Crippen LogP contribution in [0, 0.1) is 26.7 Å². The van der Waals surface area contributed by atoms with Gasteiger partial charge in [-0.3, -0.25) is 4.79 Å². The molecule has 0 aliphatic carbocycles. The standard InChI is InChI=1S/C15H21NO.ClH/c1-10-8-11(2)14(12(3)9-10)15(17)13-4-6-16-7-5-13;/h8-9,13,16H,4-7H2,1-3H3;1H. The molecule has 1 aliphatic rings. The summed E-state index contributed by atoms with van der Waals surface area (Å²) in [5.41, 5.74) is 4.46. The summed E-state index contributed by atoms with van der Waals surface area (Å²) in [6.07, 6.45) is 1.96. The van der Waals surface area contributed by atoms with Gasteiger partial charge in [-0.1, -0.05) is 17.7 Å². The molecule has 1 N–H and O–H groups in total. The van der Waals surface area contributed by atoms with E-state index >= 15 is 0 Å². The molecule has 100 valence electrons. The van der Waals surface area contributed by atoms with Gasteiger partial charge in [0.15, 0.2) is 5.78 Å². The Morgan fingerprint density at radius 1 is 1.11 bits per heavy atom. The number of aryl methyl sites for hydroxylation is 3. The van der Waals surface area contributed by atoms with Gasteiger partial charge >= 0.3 is 0 Å². The van der Waals surface area contributed by atoms with Gasteiger partial charge in [0.2, 0.25) is 0 Å². The van der Waals surface area contributed by atoms with Crippen LogP contribution in [0.2, 0.25) is 0 Å². The maximum Gasteiger partial charge on any atom is 0.166 e. The van der Waals surface area contributed by atoms with Gasteiger partial charge in [0, 0.05) is 11.5 Å². The highest BCUT2D eigenvalue weighted by Crippen LogP contribution is 2.24. The molecule has 1 fully saturated rings. The molecule has 0 radical (unpaired) electrons. The highest BCUT2D eigenvalue weighted by atomic mass is 35.5. The fraction of sp³-hybridized carbons (Fsp3) is 0.533. The molecule has 1 aromatic rings. The van der Waals surface area contributed by atoms with E-state index in [0.29, 0.717) is 5.78 Å². The number of ketones is 1. The zero-order chi connectivity index (χ0) is 12.4. The number of nitrogens with one attached hydrogen (secondary N) is 1. The topological polar surface area (TPSA) is 29.1 Å². The number of hydrogen-bond donors (Lipinski definition) is 1. The summed E-state index contributed by atoms with van der Waals surface area (Å²) in [6, 6.07) is 4.22. The molecule has 0 amide bonds. The van der Waals surface area contributed by atoms with Crippen LogP contribution in [0.1, 0.15) is 39.9 Å². The van der Waals surface area contributed by atoms with Crippen molar-refractivity contribution in [3.05, 3.63) is 34.4 Å². The van der Waals surface area contributed by atoms with Crippen LogP contribution in [0.3, 0.4) is 0 Å². The van der Waals surface area contributed by atoms with Crippen LogP contribution in [0.4, 0.5) is 0 Å². The molecule has 0 aromatic heterocycles. The Morgan fingerprint density at radius 2 is 1.61 bits per heavy atom. The summed E-state index contributed by atoms with van der Waals surface area (Å²) in [6.45, 7) is 8.13. The van der Waals surface area contributed by atoms with Crippen LogP contribution in [0.5, 0.6) is 0 Å². The fourth-order valence-electron chi connectivity index (χ4n) is 2.86. The Bertz CT molecular complexity index is 413. The van der Waals surface area contributed by atoms with Gasteiger partial charge in [0.25, 0.3) is 0 Å². The maximum absolute atomic E-state index is 12.5. The van der Waals surface area contributed by atoms with Gasteiger partial charge in [-0.15, -0.1) is 12.4 Å². The van der Waals surface area contributed by atoms with Crippen LogP contribution in [-0.2, 0) is 0 Å². The molecule has 1 heterocycles. The molecular formula is C15H22ClNO. The van der Waals surface area contributed by atoms with E-state index in [2.05, 4.69) is 24.4 Å². The van der Waals surface area contributed by atoms with Crippen molar-refractivity contribution in [2.45, 2.75) is 33.6 Å². The molecule has 18 heavy (non-hydrogen) atoms. The maximum atomic E-state index is 12.5. The number of halogens is 1. The average Bonchev–Trinajstić information content (AvgIpc) is 2.28. The van der Waals surface area contributed by atoms with Gasteiger partial charge in [-0.2, -0.15) is 0 Å². The van der Waals surface area contributed by atoms with Gasteiger partial charge in [0.1, 0.15) is 0 Å². The van der Waals surface area contributed by atoms with Crippen LogP contribution in [0.15, 0.2) is 12.1 Å². The smallest absolute Gasteiger partial charge is 0.166 e. The minimum Gasteiger partial charge on any atom is -0.317 e. The first kappa shape index (κ1) is 15.2. The molecule has 1 aromatic carbocycles. The number of benzene rings is 1. The van der Waals surface area contributed by atoms with E-state index < -0.39 is 0 Å². The third-order valence-electron chi connectivity index (χ3n) is 3.63. The Kier molecular flexibility index (Phi) is 5.36. The van der Waals surface area contributed by atoms with Gasteiger partial charge < -0.3 is 5.32 Å². The van der Waals surface area contributed by atoms with Crippen LogP contribution >= 0.6 is 12.4 Å². The predicted octanol–water partition coefficient (Wildman–Crippen LogP) is 3.22. The number of piperidine rings is 1. The third-order valence-corrected chi connectivity index (χ3v) is 3.63. The van der Waals surface area contributed by atoms with E-state index in [1.54, 1.807) is 0 Å². The largest absolute Gasteiger partial charge is 0.317 e. The highest BCUT2D eigenvalue weighted by Gasteiger charge is 2.24. The number of rotatable bonds is 2. The van der Waals surface area contributed by atoms with Crippen molar-refractivity contribution in [1.82, 2.24) is 5.32 Å². The number of carbonyl (C=O) groups excluding carboxylic acids is 1. The molecule has 1 aliphatic heterocycles. The molecule has 0 bridgehead atoms.